The zero-order valence-corrected chi connectivity index (χ0v) is 10.3. The van der Waals surface area contributed by atoms with Gasteiger partial charge in [0.15, 0.2) is 0 Å². The maximum absolute atomic E-state index is 5.68. The van der Waals surface area contributed by atoms with Crippen LogP contribution in [0, 0.1) is 5.92 Å². The Bertz CT molecular complexity index is 353. The third kappa shape index (κ3) is 3.28. The van der Waals surface area contributed by atoms with Crippen LogP contribution in [-0.4, -0.2) is 16.2 Å². The van der Waals surface area contributed by atoms with E-state index in [2.05, 4.69) is 15.5 Å². The molecule has 0 aliphatic heterocycles. The van der Waals surface area contributed by atoms with Gasteiger partial charge in [-0.05, 0) is 31.6 Å². The number of aromatic nitrogens is 2. The molecule has 0 bridgehead atoms. The summed E-state index contributed by atoms with van der Waals surface area (Å²) in [6, 6.07) is 0.698. The topological polar surface area (TPSA) is 51.0 Å². The maximum atomic E-state index is 5.68. The van der Waals surface area contributed by atoms with Crippen LogP contribution >= 0.6 is 0 Å². The van der Waals surface area contributed by atoms with Gasteiger partial charge in [0.05, 0.1) is 6.54 Å². The SMILES string of the molecule is C1CCC(Cc2nnc(CNC3CC3)o2)CC1. The summed E-state index contributed by atoms with van der Waals surface area (Å²) in [6.45, 7) is 0.738. The van der Waals surface area contributed by atoms with Crippen LogP contribution in [0.1, 0.15) is 56.7 Å². The van der Waals surface area contributed by atoms with Crippen molar-refractivity contribution in [3.63, 3.8) is 0 Å². The third-order valence-electron chi connectivity index (χ3n) is 3.82. The van der Waals surface area contributed by atoms with Gasteiger partial charge in [0.2, 0.25) is 11.8 Å². The summed E-state index contributed by atoms with van der Waals surface area (Å²) in [5, 5.41) is 11.6. The van der Waals surface area contributed by atoms with Crippen LogP contribution in [0.15, 0.2) is 4.42 Å². The van der Waals surface area contributed by atoms with Crippen molar-refractivity contribution in [1.29, 1.82) is 0 Å². The molecule has 1 N–H and O–H groups in total. The van der Waals surface area contributed by atoms with E-state index < -0.39 is 0 Å². The molecule has 0 saturated heterocycles. The Morgan fingerprint density at radius 2 is 1.76 bits per heavy atom. The molecule has 0 amide bonds. The molecular formula is C13H21N3O. The number of rotatable bonds is 5. The molecule has 3 rings (SSSR count). The summed E-state index contributed by atoms with van der Waals surface area (Å²) < 4.78 is 5.68. The van der Waals surface area contributed by atoms with Gasteiger partial charge in [0.1, 0.15) is 0 Å². The lowest BCUT2D eigenvalue weighted by molar-refractivity contribution is 0.322. The summed E-state index contributed by atoms with van der Waals surface area (Å²) >= 11 is 0. The average molecular weight is 235 g/mol. The van der Waals surface area contributed by atoms with Gasteiger partial charge in [0, 0.05) is 12.5 Å². The molecule has 94 valence electrons. The molecule has 4 heteroatoms. The summed E-state index contributed by atoms with van der Waals surface area (Å²) in [5.41, 5.74) is 0. The van der Waals surface area contributed by atoms with Gasteiger partial charge in [-0.25, -0.2) is 0 Å². The first kappa shape index (κ1) is 11.2. The number of nitrogens with one attached hydrogen (secondary N) is 1. The Hall–Kier alpha value is -0.900. The largest absolute Gasteiger partial charge is 0.424 e. The lowest BCUT2D eigenvalue weighted by Crippen LogP contribution is -2.15. The molecule has 1 aromatic heterocycles. The quantitative estimate of drug-likeness (QED) is 0.851. The molecule has 17 heavy (non-hydrogen) atoms. The first-order valence-corrected chi connectivity index (χ1v) is 6.95. The summed E-state index contributed by atoms with van der Waals surface area (Å²) in [7, 11) is 0. The van der Waals surface area contributed by atoms with Crippen LogP contribution in [0.3, 0.4) is 0 Å². The van der Waals surface area contributed by atoms with Gasteiger partial charge >= 0.3 is 0 Å². The minimum atomic E-state index is 0.698. The number of nitrogens with zero attached hydrogens (tertiary/aromatic N) is 2. The normalized spacial score (nSPS) is 21.9. The predicted molar refractivity (Wildman–Crippen MR) is 64.4 cm³/mol. The monoisotopic (exact) mass is 235 g/mol. The van der Waals surface area contributed by atoms with Crippen LogP contribution in [0.4, 0.5) is 0 Å². The zero-order valence-electron chi connectivity index (χ0n) is 10.3. The van der Waals surface area contributed by atoms with Gasteiger partial charge < -0.3 is 9.73 Å². The highest BCUT2D eigenvalue weighted by atomic mass is 16.4. The standard InChI is InChI=1S/C13H21N3O/c1-2-4-10(5-3-1)8-12-15-16-13(17-12)9-14-11-6-7-11/h10-11,14H,1-9H2. The fourth-order valence-electron chi connectivity index (χ4n) is 2.60. The highest BCUT2D eigenvalue weighted by Gasteiger charge is 2.21. The fraction of sp³-hybridized carbons (Fsp3) is 0.846. The summed E-state index contributed by atoms with van der Waals surface area (Å²) in [4.78, 5) is 0. The van der Waals surface area contributed by atoms with E-state index >= 15 is 0 Å². The van der Waals surface area contributed by atoms with Crippen molar-refractivity contribution >= 4 is 0 Å². The highest BCUT2D eigenvalue weighted by molar-refractivity contribution is 4.88. The lowest BCUT2D eigenvalue weighted by atomic mass is 9.87. The van der Waals surface area contributed by atoms with Crippen LogP contribution in [0.2, 0.25) is 0 Å². The van der Waals surface area contributed by atoms with E-state index in [0.29, 0.717) is 6.04 Å². The molecule has 4 nitrogen and oxygen atoms in total. The first-order chi connectivity index (χ1) is 8.40. The van der Waals surface area contributed by atoms with Crippen molar-refractivity contribution in [2.75, 3.05) is 0 Å². The van der Waals surface area contributed by atoms with Crippen LogP contribution in [0.5, 0.6) is 0 Å². The van der Waals surface area contributed by atoms with Gasteiger partial charge in [-0.1, -0.05) is 19.3 Å². The third-order valence-corrected chi connectivity index (χ3v) is 3.82. The molecule has 2 aliphatic carbocycles. The molecule has 0 radical (unpaired) electrons. The smallest absolute Gasteiger partial charge is 0.230 e. The van der Waals surface area contributed by atoms with Crippen molar-refractivity contribution in [1.82, 2.24) is 15.5 Å². The highest BCUT2D eigenvalue weighted by Crippen LogP contribution is 2.26. The van der Waals surface area contributed by atoms with E-state index in [1.807, 2.05) is 0 Å². The molecule has 2 aliphatic rings. The van der Waals surface area contributed by atoms with Crippen molar-refractivity contribution < 1.29 is 4.42 Å². The predicted octanol–water partition coefficient (Wildman–Crippen LogP) is 2.44. The summed E-state index contributed by atoms with van der Waals surface area (Å²) in [6.07, 6.45) is 10.4. The number of hydrogen-bond acceptors (Lipinski definition) is 4. The van der Waals surface area contributed by atoms with E-state index in [9.17, 15) is 0 Å². The van der Waals surface area contributed by atoms with Crippen molar-refractivity contribution in [3.05, 3.63) is 11.8 Å². The number of hydrogen-bond donors (Lipinski definition) is 1. The molecule has 1 aromatic rings. The van der Waals surface area contributed by atoms with Crippen molar-refractivity contribution in [2.24, 2.45) is 5.92 Å². The average Bonchev–Trinajstić information content (AvgIpc) is 3.09. The minimum absolute atomic E-state index is 0.698. The minimum Gasteiger partial charge on any atom is -0.424 e. The first-order valence-electron chi connectivity index (χ1n) is 6.95. The fourth-order valence-corrected chi connectivity index (χ4v) is 2.60. The maximum Gasteiger partial charge on any atom is 0.230 e. The second-order valence-electron chi connectivity index (χ2n) is 5.45. The second kappa shape index (κ2) is 5.17. The van der Waals surface area contributed by atoms with Crippen molar-refractivity contribution in [3.8, 4) is 0 Å². The molecule has 2 fully saturated rings. The Balaban J connectivity index is 1.48. The van der Waals surface area contributed by atoms with Gasteiger partial charge in [-0.3, -0.25) is 0 Å². The van der Waals surface area contributed by atoms with E-state index in [4.69, 9.17) is 4.42 Å². The van der Waals surface area contributed by atoms with Gasteiger partial charge in [0.25, 0.3) is 0 Å². The zero-order chi connectivity index (χ0) is 11.5. The van der Waals surface area contributed by atoms with Crippen LogP contribution < -0.4 is 5.32 Å². The second-order valence-corrected chi connectivity index (χ2v) is 5.45. The molecule has 1 heterocycles. The Labute approximate surface area is 102 Å². The molecule has 0 aromatic carbocycles. The molecule has 0 spiro atoms. The van der Waals surface area contributed by atoms with Gasteiger partial charge in [-0.15, -0.1) is 10.2 Å². The Morgan fingerprint density at radius 1 is 1.00 bits per heavy atom. The Kier molecular flexibility index (Phi) is 3.41. The van der Waals surface area contributed by atoms with E-state index in [1.165, 1.54) is 44.9 Å². The van der Waals surface area contributed by atoms with Gasteiger partial charge in [-0.2, -0.15) is 0 Å². The lowest BCUT2D eigenvalue weighted by Gasteiger charge is -2.19. The molecule has 2 saturated carbocycles. The molecule has 0 atom stereocenters. The van der Waals surface area contributed by atoms with Crippen molar-refractivity contribution in [2.45, 2.75) is 64.0 Å². The van der Waals surface area contributed by atoms with E-state index in [0.717, 1.165) is 30.7 Å². The van der Waals surface area contributed by atoms with E-state index in [-0.39, 0.29) is 0 Å². The molecule has 0 unspecified atom stereocenters. The Morgan fingerprint density at radius 3 is 2.53 bits per heavy atom. The van der Waals surface area contributed by atoms with Crippen LogP contribution in [-0.2, 0) is 13.0 Å². The summed E-state index contributed by atoms with van der Waals surface area (Å²) in [5.74, 6) is 2.36. The van der Waals surface area contributed by atoms with Crippen LogP contribution in [0.25, 0.3) is 0 Å². The van der Waals surface area contributed by atoms with E-state index in [1.54, 1.807) is 0 Å². The molecular weight excluding hydrogens is 214 g/mol.